The molecule has 0 spiro atoms. The highest BCUT2D eigenvalue weighted by Gasteiger charge is 2.21. The minimum absolute atomic E-state index is 0. The van der Waals surface area contributed by atoms with Gasteiger partial charge >= 0.3 is 0 Å². The topological polar surface area (TPSA) is 54.0 Å². The maximum absolute atomic E-state index is 13.2. The quantitative estimate of drug-likeness (QED) is 0.885. The molecule has 7 heteroatoms. The number of piperidine rings is 1. The molecule has 2 N–H and O–H groups in total. The van der Waals surface area contributed by atoms with Crippen molar-refractivity contribution < 1.29 is 9.18 Å². The van der Waals surface area contributed by atoms with Crippen LogP contribution in [-0.2, 0) is 11.2 Å². The lowest BCUT2D eigenvalue weighted by molar-refractivity contribution is -0.120. The molecule has 2 heterocycles. The Bertz CT molecular complexity index is 658. The van der Waals surface area contributed by atoms with Crippen LogP contribution < -0.4 is 10.6 Å². The van der Waals surface area contributed by atoms with Gasteiger partial charge in [0.2, 0.25) is 5.91 Å². The number of nitrogens with zero attached hydrogens (tertiary/aromatic N) is 1. The Morgan fingerprint density at radius 3 is 2.91 bits per heavy atom. The van der Waals surface area contributed by atoms with Gasteiger partial charge in [-0.05, 0) is 43.6 Å². The minimum atomic E-state index is -0.235. The number of amides is 1. The summed E-state index contributed by atoms with van der Waals surface area (Å²) in [7, 11) is 0. The van der Waals surface area contributed by atoms with Crippen molar-refractivity contribution in [3.8, 4) is 0 Å². The van der Waals surface area contributed by atoms with Gasteiger partial charge in [-0.2, -0.15) is 0 Å². The maximum Gasteiger partial charge on any atom is 0.229 e. The van der Waals surface area contributed by atoms with Gasteiger partial charge in [0, 0.05) is 23.4 Å². The summed E-state index contributed by atoms with van der Waals surface area (Å²) in [4.78, 5) is 17.4. The van der Waals surface area contributed by atoms with Crippen LogP contribution in [0.2, 0.25) is 0 Å². The Hall–Kier alpha value is -1.50. The molecule has 3 rings (SSSR count). The lowest BCUT2D eigenvalue weighted by Gasteiger charge is -2.20. The fraction of sp³-hybridized carbons (Fsp3) is 0.375. The van der Waals surface area contributed by atoms with E-state index < -0.39 is 0 Å². The summed E-state index contributed by atoms with van der Waals surface area (Å²) in [5.74, 6) is -0.119. The number of aromatic nitrogens is 1. The molecule has 4 nitrogen and oxygen atoms in total. The van der Waals surface area contributed by atoms with Crippen LogP contribution in [0.3, 0.4) is 0 Å². The van der Waals surface area contributed by atoms with E-state index in [9.17, 15) is 9.18 Å². The van der Waals surface area contributed by atoms with Crippen molar-refractivity contribution in [1.82, 2.24) is 10.3 Å². The fourth-order valence-electron chi connectivity index (χ4n) is 2.59. The van der Waals surface area contributed by atoms with E-state index in [1.807, 2.05) is 6.07 Å². The van der Waals surface area contributed by atoms with Gasteiger partial charge in [-0.1, -0.05) is 12.1 Å². The molecular formula is C16H19ClFN3OS. The Labute approximate surface area is 144 Å². The van der Waals surface area contributed by atoms with Crippen molar-refractivity contribution in [1.29, 1.82) is 0 Å². The third kappa shape index (κ3) is 4.99. The van der Waals surface area contributed by atoms with Crippen LogP contribution in [0.1, 0.15) is 23.3 Å². The van der Waals surface area contributed by atoms with Gasteiger partial charge < -0.3 is 10.6 Å². The second-order valence-electron chi connectivity index (χ2n) is 5.45. The number of hydrogen-bond acceptors (Lipinski definition) is 4. The number of benzene rings is 1. The third-order valence-corrected chi connectivity index (χ3v) is 4.67. The SMILES string of the molecule is Cl.O=C(Nc1ncc(Cc2cccc(F)c2)s1)C1CCNCC1. The fourth-order valence-corrected chi connectivity index (χ4v) is 3.44. The molecule has 1 amide bonds. The highest BCUT2D eigenvalue weighted by Crippen LogP contribution is 2.23. The molecule has 2 aromatic rings. The maximum atomic E-state index is 13.2. The van der Waals surface area contributed by atoms with Crippen LogP contribution in [0.15, 0.2) is 30.5 Å². The summed E-state index contributed by atoms with van der Waals surface area (Å²) in [6.07, 6.45) is 4.10. The van der Waals surface area contributed by atoms with Crippen molar-refractivity contribution in [2.75, 3.05) is 18.4 Å². The Kier molecular flexibility index (Phi) is 6.50. The summed E-state index contributed by atoms with van der Waals surface area (Å²) in [6.45, 7) is 1.78. The van der Waals surface area contributed by atoms with E-state index in [1.54, 1.807) is 12.3 Å². The van der Waals surface area contributed by atoms with E-state index in [0.29, 0.717) is 11.6 Å². The predicted molar refractivity (Wildman–Crippen MR) is 92.8 cm³/mol. The molecule has 0 bridgehead atoms. The summed E-state index contributed by atoms with van der Waals surface area (Å²) < 4.78 is 13.2. The zero-order valence-electron chi connectivity index (χ0n) is 12.5. The number of halogens is 2. The Balaban J connectivity index is 0.00000192. The molecule has 1 fully saturated rings. The minimum Gasteiger partial charge on any atom is -0.317 e. The molecule has 1 aromatic carbocycles. The molecule has 1 saturated heterocycles. The second-order valence-corrected chi connectivity index (χ2v) is 6.57. The van der Waals surface area contributed by atoms with E-state index in [4.69, 9.17) is 0 Å². The van der Waals surface area contributed by atoms with Crippen molar-refractivity contribution in [3.05, 3.63) is 46.7 Å². The summed E-state index contributed by atoms with van der Waals surface area (Å²) in [6, 6.07) is 6.54. The number of carbonyl (C=O) groups is 1. The van der Waals surface area contributed by atoms with Crippen molar-refractivity contribution in [2.24, 2.45) is 5.92 Å². The highest BCUT2D eigenvalue weighted by molar-refractivity contribution is 7.15. The van der Waals surface area contributed by atoms with Gasteiger partial charge in [-0.25, -0.2) is 9.37 Å². The number of rotatable bonds is 4. The first-order chi connectivity index (χ1) is 10.7. The predicted octanol–water partition coefficient (Wildman–Crippen LogP) is 3.23. The number of carbonyl (C=O) groups excluding carboxylic acids is 1. The summed E-state index contributed by atoms with van der Waals surface area (Å²) >= 11 is 1.44. The first-order valence-electron chi connectivity index (χ1n) is 7.41. The molecule has 1 aromatic heterocycles. The average Bonchev–Trinajstić information content (AvgIpc) is 2.95. The van der Waals surface area contributed by atoms with Crippen LogP contribution >= 0.6 is 23.7 Å². The van der Waals surface area contributed by atoms with Crippen LogP contribution in [0.4, 0.5) is 9.52 Å². The molecule has 23 heavy (non-hydrogen) atoms. The van der Waals surface area contributed by atoms with Gasteiger partial charge in [-0.15, -0.1) is 23.7 Å². The number of hydrogen-bond donors (Lipinski definition) is 2. The van der Waals surface area contributed by atoms with E-state index >= 15 is 0 Å². The second kappa shape index (κ2) is 8.38. The first kappa shape index (κ1) is 17.8. The molecule has 124 valence electrons. The normalized spacial score (nSPS) is 15.0. The highest BCUT2D eigenvalue weighted by atomic mass is 35.5. The third-order valence-electron chi connectivity index (χ3n) is 3.76. The summed E-state index contributed by atoms with van der Waals surface area (Å²) in [5.41, 5.74) is 0.903. The van der Waals surface area contributed by atoms with Crippen molar-refractivity contribution in [3.63, 3.8) is 0 Å². The van der Waals surface area contributed by atoms with Gasteiger partial charge in [0.25, 0.3) is 0 Å². The van der Waals surface area contributed by atoms with E-state index in [0.717, 1.165) is 36.4 Å². The zero-order valence-corrected chi connectivity index (χ0v) is 14.2. The lowest BCUT2D eigenvalue weighted by Crippen LogP contribution is -2.34. The van der Waals surface area contributed by atoms with Crippen LogP contribution in [0.25, 0.3) is 0 Å². The summed E-state index contributed by atoms with van der Waals surface area (Å²) in [5, 5.41) is 6.76. The van der Waals surface area contributed by atoms with Crippen LogP contribution in [0, 0.1) is 11.7 Å². The number of anilines is 1. The molecule has 0 radical (unpaired) electrons. The monoisotopic (exact) mass is 355 g/mol. The van der Waals surface area contributed by atoms with Crippen LogP contribution in [0.5, 0.6) is 0 Å². The molecule has 0 aliphatic carbocycles. The van der Waals surface area contributed by atoms with Gasteiger partial charge in [0.15, 0.2) is 5.13 Å². The van der Waals surface area contributed by atoms with Crippen LogP contribution in [-0.4, -0.2) is 24.0 Å². The average molecular weight is 356 g/mol. The number of thiazole rings is 1. The Morgan fingerprint density at radius 1 is 1.39 bits per heavy atom. The molecule has 0 saturated carbocycles. The molecule has 1 aliphatic heterocycles. The molecule has 1 aliphatic rings. The first-order valence-corrected chi connectivity index (χ1v) is 8.23. The Morgan fingerprint density at radius 2 is 2.17 bits per heavy atom. The van der Waals surface area contributed by atoms with E-state index in [2.05, 4.69) is 15.6 Å². The van der Waals surface area contributed by atoms with Gasteiger partial charge in [0.05, 0.1) is 0 Å². The van der Waals surface area contributed by atoms with E-state index in [-0.39, 0.29) is 30.0 Å². The van der Waals surface area contributed by atoms with Gasteiger partial charge in [-0.3, -0.25) is 4.79 Å². The smallest absolute Gasteiger partial charge is 0.229 e. The lowest BCUT2D eigenvalue weighted by atomic mass is 9.97. The largest absolute Gasteiger partial charge is 0.317 e. The van der Waals surface area contributed by atoms with E-state index in [1.165, 1.54) is 23.5 Å². The molecule has 0 atom stereocenters. The van der Waals surface area contributed by atoms with Crippen molar-refractivity contribution in [2.45, 2.75) is 19.3 Å². The zero-order chi connectivity index (χ0) is 15.4. The van der Waals surface area contributed by atoms with Crippen molar-refractivity contribution >= 4 is 34.8 Å². The molecular weight excluding hydrogens is 337 g/mol. The molecule has 0 unspecified atom stereocenters. The van der Waals surface area contributed by atoms with Gasteiger partial charge in [0.1, 0.15) is 5.82 Å². The standard InChI is InChI=1S/C16H18FN3OS.ClH/c17-13-3-1-2-11(8-13)9-14-10-19-16(22-14)20-15(21)12-4-6-18-7-5-12;/h1-3,8,10,12,18H,4-7,9H2,(H,19,20,21);1H. The number of nitrogens with one attached hydrogen (secondary N) is 2.